The van der Waals surface area contributed by atoms with Crippen LogP contribution in [-0.4, -0.2) is 25.1 Å². The molecule has 0 radical (unpaired) electrons. The number of carbonyl (C=O) groups is 2. The van der Waals surface area contributed by atoms with Gasteiger partial charge in [0.05, 0.1) is 18.8 Å². The largest absolute Gasteiger partial charge is 0.494 e. The maximum atomic E-state index is 12.1. The summed E-state index contributed by atoms with van der Waals surface area (Å²) in [4.78, 5) is 23.8. The van der Waals surface area contributed by atoms with Crippen LogP contribution in [-0.2, 0) is 9.53 Å². The SMILES string of the molecule is CCCCOc1ccc(/C=C/C(=O)Nc2cccc(C(=O)OCC)c2)cc1. The summed E-state index contributed by atoms with van der Waals surface area (Å²) in [5, 5.41) is 2.74. The summed E-state index contributed by atoms with van der Waals surface area (Å²) in [5.74, 6) is 0.130. The Labute approximate surface area is 160 Å². The molecule has 0 saturated heterocycles. The van der Waals surface area contributed by atoms with Gasteiger partial charge in [0.15, 0.2) is 0 Å². The second kappa shape index (κ2) is 10.8. The average Bonchev–Trinajstić information content (AvgIpc) is 2.68. The second-order valence-corrected chi connectivity index (χ2v) is 5.89. The number of unbranched alkanes of at least 4 members (excludes halogenated alkanes) is 1. The van der Waals surface area contributed by atoms with E-state index in [1.165, 1.54) is 6.08 Å². The number of carbonyl (C=O) groups excluding carboxylic acids is 2. The third-order valence-corrected chi connectivity index (χ3v) is 3.72. The molecule has 142 valence electrons. The van der Waals surface area contributed by atoms with E-state index in [2.05, 4.69) is 12.2 Å². The maximum absolute atomic E-state index is 12.1. The van der Waals surface area contributed by atoms with Crippen LogP contribution in [0, 0.1) is 0 Å². The molecule has 1 N–H and O–H groups in total. The Hall–Kier alpha value is -3.08. The van der Waals surface area contributed by atoms with Crippen LogP contribution in [0.25, 0.3) is 6.08 Å². The fourth-order valence-electron chi connectivity index (χ4n) is 2.30. The number of ether oxygens (including phenoxy) is 2. The standard InChI is InChI=1S/C22H25NO4/c1-3-5-15-27-20-12-9-17(10-13-20)11-14-21(24)23-19-8-6-7-18(16-19)22(25)26-4-2/h6-14,16H,3-5,15H2,1-2H3,(H,23,24)/b14-11+. The lowest BCUT2D eigenvalue weighted by atomic mass is 10.2. The Morgan fingerprint density at radius 1 is 1.07 bits per heavy atom. The smallest absolute Gasteiger partial charge is 0.338 e. The van der Waals surface area contributed by atoms with Gasteiger partial charge in [-0.15, -0.1) is 0 Å². The molecule has 5 nitrogen and oxygen atoms in total. The number of esters is 1. The molecule has 0 saturated carbocycles. The van der Waals surface area contributed by atoms with Crippen molar-refractivity contribution in [3.63, 3.8) is 0 Å². The molecule has 0 aliphatic carbocycles. The molecule has 0 atom stereocenters. The predicted octanol–water partition coefficient (Wildman–Crippen LogP) is 4.69. The Bertz CT molecular complexity index is 781. The van der Waals surface area contributed by atoms with Gasteiger partial charge in [0, 0.05) is 11.8 Å². The Kier molecular flexibility index (Phi) is 8.10. The summed E-state index contributed by atoms with van der Waals surface area (Å²) < 4.78 is 10.6. The zero-order valence-electron chi connectivity index (χ0n) is 15.7. The van der Waals surface area contributed by atoms with Crippen molar-refractivity contribution >= 4 is 23.6 Å². The van der Waals surface area contributed by atoms with Gasteiger partial charge < -0.3 is 14.8 Å². The second-order valence-electron chi connectivity index (χ2n) is 5.89. The molecule has 1 amide bonds. The summed E-state index contributed by atoms with van der Waals surface area (Å²) in [5.41, 5.74) is 1.83. The van der Waals surface area contributed by atoms with Crippen molar-refractivity contribution in [3.8, 4) is 5.75 Å². The lowest BCUT2D eigenvalue weighted by Gasteiger charge is -2.06. The van der Waals surface area contributed by atoms with Crippen molar-refractivity contribution in [2.24, 2.45) is 0 Å². The topological polar surface area (TPSA) is 64.6 Å². The average molecular weight is 367 g/mol. The van der Waals surface area contributed by atoms with Gasteiger partial charge in [0.25, 0.3) is 0 Å². The number of amides is 1. The fraction of sp³-hybridized carbons (Fsp3) is 0.273. The van der Waals surface area contributed by atoms with Gasteiger partial charge >= 0.3 is 5.97 Å². The monoisotopic (exact) mass is 367 g/mol. The predicted molar refractivity (Wildman–Crippen MR) is 107 cm³/mol. The molecule has 27 heavy (non-hydrogen) atoms. The van der Waals surface area contributed by atoms with Gasteiger partial charge in [0.1, 0.15) is 5.75 Å². The Morgan fingerprint density at radius 2 is 1.85 bits per heavy atom. The van der Waals surface area contributed by atoms with Crippen molar-refractivity contribution < 1.29 is 19.1 Å². The van der Waals surface area contributed by atoms with Crippen LogP contribution >= 0.6 is 0 Å². The lowest BCUT2D eigenvalue weighted by molar-refractivity contribution is -0.111. The van der Waals surface area contributed by atoms with E-state index in [1.54, 1.807) is 37.3 Å². The van der Waals surface area contributed by atoms with Crippen LogP contribution in [0.1, 0.15) is 42.6 Å². The first-order chi connectivity index (χ1) is 13.1. The summed E-state index contributed by atoms with van der Waals surface area (Å²) in [6, 6.07) is 14.2. The Balaban J connectivity index is 1.91. The number of benzene rings is 2. The summed E-state index contributed by atoms with van der Waals surface area (Å²) in [7, 11) is 0. The van der Waals surface area contributed by atoms with Crippen molar-refractivity contribution in [1.29, 1.82) is 0 Å². The zero-order valence-corrected chi connectivity index (χ0v) is 15.7. The van der Waals surface area contributed by atoms with Crippen molar-refractivity contribution in [3.05, 3.63) is 65.7 Å². The number of nitrogens with one attached hydrogen (secondary N) is 1. The van der Waals surface area contributed by atoms with Crippen molar-refractivity contribution in [1.82, 2.24) is 0 Å². The molecule has 2 rings (SSSR count). The van der Waals surface area contributed by atoms with Crippen LogP contribution in [0.4, 0.5) is 5.69 Å². The van der Waals surface area contributed by atoms with E-state index < -0.39 is 5.97 Å². The highest BCUT2D eigenvalue weighted by Gasteiger charge is 2.07. The van der Waals surface area contributed by atoms with E-state index in [0.717, 1.165) is 24.2 Å². The molecular formula is C22H25NO4. The van der Waals surface area contributed by atoms with Crippen LogP contribution in [0.15, 0.2) is 54.6 Å². The highest BCUT2D eigenvalue weighted by Crippen LogP contribution is 2.15. The van der Waals surface area contributed by atoms with Gasteiger partial charge in [-0.05, 0) is 55.3 Å². The van der Waals surface area contributed by atoms with Crippen molar-refractivity contribution in [2.75, 3.05) is 18.5 Å². The van der Waals surface area contributed by atoms with Crippen LogP contribution < -0.4 is 10.1 Å². The van der Waals surface area contributed by atoms with Crippen LogP contribution in [0.3, 0.4) is 0 Å². The van der Waals surface area contributed by atoms with E-state index in [1.807, 2.05) is 24.3 Å². The molecule has 0 spiro atoms. The van der Waals surface area contributed by atoms with E-state index in [4.69, 9.17) is 9.47 Å². The highest BCUT2D eigenvalue weighted by molar-refractivity contribution is 6.02. The molecule has 0 fully saturated rings. The third kappa shape index (κ3) is 6.98. The molecule has 0 aliphatic heterocycles. The molecule has 5 heteroatoms. The Morgan fingerprint density at radius 3 is 2.56 bits per heavy atom. The number of hydrogen-bond acceptors (Lipinski definition) is 4. The van der Waals surface area contributed by atoms with Gasteiger partial charge in [0.2, 0.25) is 5.91 Å². The fourth-order valence-corrected chi connectivity index (χ4v) is 2.30. The molecule has 0 aromatic heterocycles. The molecule has 0 bridgehead atoms. The first-order valence-corrected chi connectivity index (χ1v) is 9.11. The van der Waals surface area contributed by atoms with Crippen LogP contribution in [0.5, 0.6) is 5.75 Å². The van der Waals surface area contributed by atoms with Crippen molar-refractivity contribution in [2.45, 2.75) is 26.7 Å². The first kappa shape index (κ1) is 20.2. The van der Waals surface area contributed by atoms with Gasteiger partial charge in [-0.3, -0.25) is 4.79 Å². The molecule has 2 aromatic rings. The first-order valence-electron chi connectivity index (χ1n) is 9.11. The number of hydrogen-bond donors (Lipinski definition) is 1. The van der Waals surface area contributed by atoms with E-state index in [-0.39, 0.29) is 5.91 Å². The normalized spacial score (nSPS) is 10.6. The number of rotatable bonds is 9. The zero-order chi connectivity index (χ0) is 19.5. The van der Waals surface area contributed by atoms with Gasteiger partial charge in [-0.1, -0.05) is 31.5 Å². The minimum absolute atomic E-state index is 0.278. The maximum Gasteiger partial charge on any atom is 0.338 e. The molecular weight excluding hydrogens is 342 g/mol. The van der Waals surface area contributed by atoms with E-state index >= 15 is 0 Å². The molecule has 0 heterocycles. The number of anilines is 1. The molecule has 0 unspecified atom stereocenters. The summed E-state index contributed by atoms with van der Waals surface area (Å²) >= 11 is 0. The summed E-state index contributed by atoms with van der Waals surface area (Å²) in [6.07, 6.45) is 5.29. The van der Waals surface area contributed by atoms with E-state index in [9.17, 15) is 9.59 Å². The summed E-state index contributed by atoms with van der Waals surface area (Å²) in [6.45, 7) is 4.88. The lowest BCUT2D eigenvalue weighted by Crippen LogP contribution is -2.09. The molecule has 2 aromatic carbocycles. The minimum atomic E-state index is -0.412. The van der Waals surface area contributed by atoms with E-state index in [0.29, 0.717) is 24.5 Å². The highest BCUT2D eigenvalue weighted by atomic mass is 16.5. The van der Waals surface area contributed by atoms with Gasteiger partial charge in [-0.2, -0.15) is 0 Å². The van der Waals surface area contributed by atoms with Crippen LogP contribution in [0.2, 0.25) is 0 Å². The molecule has 0 aliphatic rings. The van der Waals surface area contributed by atoms with Gasteiger partial charge in [-0.25, -0.2) is 4.79 Å². The minimum Gasteiger partial charge on any atom is -0.494 e. The quantitative estimate of drug-likeness (QED) is 0.397. The third-order valence-electron chi connectivity index (χ3n) is 3.72.